The minimum absolute atomic E-state index is 0.184. The smallest absolute Gasteiger partial charge is 0.318 e. The van der Waals surface area contributed by atoms with E-state index in [2.05, 4.69) is 63.0 Å². The van der Waals surface area contributed by atoms with Crippen LogP contribution in [0.25, 0.3) is 10.9 Å². The predicted octanol–water partition coefficient (Wildman–Crippen LogP) is 6.46. The number of carbonyl (C=O) groups excluding carboxylic acids is 2. The largest absolute Gasteiger partial charge is 0.361 e. The Labute approximate surface area is 248 Å². The van der Waals surface area contributed by atoms with Gasteiger partial charge in [-0.2, -0.15) is 0 Å². The fourth-order valence-corrected chi connectivity index (χ4v) is 6.60. The maximum atomic E-state index is 13.9. The normalized spacial score (nSPS) is 17.7. The molecule has 2 fully saturated rings. The molecule has 2 aliphatic rings. The number of likely N-dealkylation sites (tertiary alicyclic amines) is 2. The number of aromatic amines is 1. The molecule has 3 aromatic carbocycles. The van der Waals surface area contributed by atoms with Gasteiger partial charge in [0.05, 0.1) is 0 Å². The first kappa shape index (κ1) is 28.0. The number of hydrogen-bond donors (Lipinski definition) is 3. The Bertz CT molecular complexity index is 1500. The standard InChI is InChI=1S/C35H41N5O2/c1-25(31-23-36-32-15-6-5-14-30(31)32)33(34(41)37-29-13-9-10-26(22-29)24-39-18-7-8-19-39)38-35(42)40-20-16-28(17-21-40)27-11-3-2-4-12-27/h2-6,9-15,22-23,25,28,33,36H,7-8,16-21,24H2,1H3,(H,37,41)(H,38,42)/t25-,33+/m0/s1. The molecule has 0 radical (unpaired) electrons. The van der Waals surface area contributed by atoms with Crippen molar-refractivity contribution >= 4 is 28.5 Å². The molecule has 2 aliphatic heterocycles. The van der Waals surface area contributed by atoms with Gasteiger partial charge in [0.25, 0.3) is 0 Å². The maximum absolute atomic E-state index is 13.9. The lowest BCUT2D eigenvalue weighted by molar-refractivity contribution is -0.118. The number of aromatic nitrogens is 1. The minimum atomic E-state index is -0.745. The van der Waals surface area contributed by atoms with Crippen LogP contribution in [0.3, 0.4) is 0 Å². The van der Waals surface area contributed by atoms with Crippen LogP contribution in [-0.2, 0) is 11.3 Å². The van der Waals surface area contributed by atoms with Crippen molar-refractivity contribution in [3.05, 3.63) is 102 Å². The fraction of sp³-hybridized carbons (Fsp3) is 0.371. The molecular weight excluding hydrogens is 522 g/mol. The van der Waals surface area contributed by atoms with Crippen molar-refractivity contribution in [2.45, 2.75) is 57.0 Å². The average molecular weight is 564 g/mol. The number of benzene rings is 3. The van der Waals surface area contributed by atoms with Gasteiger partial charge in [0.1, 0.15) is 6.04 Å². The van der Waals surface area contributed by atoms with Crippen LogP contribution in [0.15, 0.2) is 85.1 Å². The maximum Gasteiger partial charge on any atom is 0.318 e. The first-order chi connectivity index (χ1) is 20.5. The highest BCUT2D eigenvalue weighted by Gasteiger charge is 2.32. The van der Waals surface area contributed by atoms with E-state index in [1.54, 1.807) is 0 Å². The van der Waals surface area contributed by atoms with Gasteiger partial charge in [0.15, 0.2) is 0 Å². The molecule has 3 N–H and O–H groups in total. The van der Waals surface area contributed by atoms with Crippen molar-refractivity contribution in [3.8, 4) is 0 Å². The molecule has 0 bridgehead atoms. The molecule has 0 unspecified atom stereocenters. The van der Waals surface area contributed by atoms with Crippen LogP contribution in [0.2, 0.25) is 0 Å². The highest BCUT2D eigenvalue weighted by molar-refractivity contribution is 5.98. The number of rotatable bonds is 8. The van der Waals surface area contributed by atoms with Crippen molar-refractivity contribution in [1.29, 1.82) is 0 Å². The van der Waals surface area contributed by atoms with Crippen LogP contribution in [0.4, 0.5) is 10.5 Å². The molecule has 0 aliphatic carbocycles. The van der Waals surface area contributed by atoms with Crippen molar-refractivity contribution in [2.24, 2.45) is 0 Å². The van der Waals surface area contributed by atoms with Gasteiger partial charge in [-0.25, -0.2) is 4.79 Å². The van der Waals surface area contributed by atoms with Gasteiger partial charge in [-0.1, -0.05) is 67.6 Å². The summed E-state index contributed by atoms with van der Waals surface area (Å²) >= 11 is 0. The van der Waals surface area contributed by atoms with Crippen LogP contribution in [-0.4, -0.2) is 58.9 Å². The highest BCUT2D eigenvalue weighted by Crippen LogP contribution is 2.30. The third-order valence-corrected chi connectivity index (χ3v) is 9.03. The molecule has 7 heteroatoms. The molecule has 42 heavy (non-hydrogen) atoms. The van der Waals surface area contributed by atoms with Gasteiger partial charge in [0.2, 0.25) is 5.91 Å². The zero-order chi connectivity index (χ0) is 28.9. The summed E-state index contributed by atoms with van der Waals surface area (Å²) in [6.45, 7) is 6.48. The molecule has 2 atom stereocenters. The van der Waals surface area contributed by atoms with Gasteiger partial charge in [-0.3, -0.25) is 9.69 Å². The number of nitrogens with zero attached hydrogens (tertiary/aromatic N) is 2. The van der Waals surface area contributed by atoms with Crippen LogP contribution in [0, 0.1) is 0 Å². The fourth-order valence-electron chi connectivity index (χ4n) is 6.60. The molecule has 1 aromatic heterocycles. The molecule has 6 rings (SSSR count). The van der Waals surface area contributed by atoms with E-state index in [0.29, 0.717) is 19.0 Å². The SMILES string of the molecule is C[C@@H](c1c[nH]c2ccccc12)[C@@H](NC(=O)N1CCC(c2ccccc2)CC1)C(=O)Nc1cccc(CN2CCCC2)c1. The molecule has 0 saturated carbocycles. The van der Waals surface area contributed by atoms with Gasteiger partial charge >= 0.3 is 6.03 Å². The summed E-state index contributed by atoms with van der Waals surface area (Å²) in [5.41, 5.74) is 5.29. The van der Waals surface area contributed by atoms with Crippen LogP contribution >= 0.6 is 0 Å². The quantitative estimate of drug-likeness (QED) is 0.230. The lowest BCUT2D eigenvalue weighted by atomic mass is 9.89. The molecule has 4 aromatic rings. The van der Waals surface area contributed by atoms with Crippen LogP contribution in [0.5, 0.6) is 0 Å². The number of H-pyrrole nitrogens is 1. The van der Waals surface area contributed by atoms with E-state index < -0.39 is 6.04 Å². The number of para-hydroxylation sites is 1. The number of amides is 3. The molecule has 3 heterocycles. The molecular formula is C35H41N5O2. The predicted molar refractivity (Wildman–Crippen MR) is 169 cm³/mol. The number of piperidine rings is 1. The summed E-state index contributed by atoms with van der Waals surface area (Å²) < 4.78 is 0. The summed E-state index contributed by atoms with van der Waals surface area (Å²) in [5, 5.41) is 7.34. The van der Waals surface area contributed by atoms with Crippen LogP contribution in [0.1, 0.15) is 61.1 Å². The number of carbonyl (C=O) groups is 2. The van der Waals surface area contributed by atoms with Gasteiger partial charge in [0, 0.05) is 48.3 Å². The molecule has 0 spiro atoms. The van der Waals surface area contributed by atoms with E-state index >= 15 is 0 Å². The minimum Gasteiger partial charge on any atom is -0.361 e. The summed E-state index contributed by atoms with van der Waals surface area (Å²) in [4.78, 5) is 35.2. The summed E-state index contributed by atoms with van der Waals surface area (Å²) in [6, 6.07) is 25.8. The van der Waals surface area contributed by atoms with Crippen molar-refractivity contribution in [3.63, 3.8) is 0 Å². The number of nitrogens with one attached hydrogen (secondary N) is 3. The van der Waals surface area contributed by atoms with E-state index in [1.165, 1.54) is 24.0 Å². The number of anilines is 1. The second-order valence-electron chi connectivity index (χ2n) is 11.9. The Kier molecular flexibility index (Phi) is 8.56. The van der Waals surface area contributed by atoms with E-state index in [1.807, 2.05) is 54.4 Å². The van der Waals surface area contributed by atoms with E-state index in [4.69, 9.17) is 0 Å². The summed E-state index contributed by atoms with van der Waals surface area (Å²) in [5.74, 6) is -0.00862. The second kappa shape index (κ2) is 12.8. The highest BCUT2D eigenvalue weighted by atomic mass is 16.2. The van der Waals surface area contributed by atoms with E-state index in [0.717, 1.165) is 54.6 Å². The summed E-state index contributed by atoms with van der Waals surface area (Å²) in [7, 11) is 0. The Balaban J connectivity index is 1.18. The first-order valence-electron chi connectivity index (χ1n) is 15.3. The Morgan fingerprint density at radius 1 is 0.905 bits per heavy atom. The Hall–Kier alpha value is -4.10. The van der Waals surface area contributed by atoms with Gasteiger partial charge in [-0.15, -0.1) is 0 Å². The van der Waals surface area contributed by atoms with Gasteiger partial charge < -0.3 is 20.5 Å². The molecule has 7 nitrogen and oxygen atoms in total. The Morgan fingerprint density at radius 3 is 2.43 bits per heavy atom. The van der Waals surface area contributed by atoms with Gasteiger partial charge in [-0.05, 0) is 79.6 Å². The number of fused-ring (bicyclic) bond motifs is 1. The Morgan fingerprint density at radius 2 is 1.64 bits per heavy atom. The summed E-state index contributed by atoms with van der Waals surface area (Å²) in [6.07, 6.45) is 6.27. The zero-order valence-electron chi connectivity index (χ0n) is 24.4. The third kappa shape index (κ3) is 6.36. The first-order valence-corrected chi connectivity index (χ1v) is 15.3. The van der Waals surface area contributed by atoms with E-state index in [9.17, 15) is 9.59 Å². The number of hydrogen-bond acceptors (Lipinski definition) is 3. The lowest BCUT2D eigenvalue weighted by Gasteiger charge is -2.34. The molecule has 2 saturated heterocycles. The van der Waals surface area contributed by atoms with Crippen LogP contribution < -0.4 is 10.6 Å². The zero-order valence-corrected chi connectivity index (χ0v) is 24.4. The average Bonchev–Trinajstić information content (AvgIpc) is 3.70. The monoisotopic (exact) mass is 563 g/mol. The van der Waals surface area contributed by atoms with Crippen molar-refractivity contribution in [1.82, 2.24) is 20.1 Å². The number of urea groups is 1. The second-order valence-corrected chi connectivity index (χ2v) is 11.9. The van der Waals surface area contributed by atoms with E-state index in [-0.39, 0.29) is 17.9 Å². The lowest BCUT2D eigenvalue weighted by Crippen LogP contribution is -2.53. The molecule has 218 valence electrons. The third-order valence-electron chi connectivity index (χ3n) is 9.03. The topological polar surface area (TPSA) is 80.5 Å². The molecule has 3 amide bonds. The van der Waals surface area contributed by atoms with Crippen molar-refractivity contribution in [2.75, 3.05) is 31.5 Å². The van der Waals surface area contributed by atoms with Crippen molar-refractivity contribution < 1.29 is 9.59 Å².